The van der Waals surface area contributed by atoms with E-state index in [0.717, 1.165) is 5.56 Å². The Morgan fingerprint density at radius 3 is 2.60 bits per heavy atom. The molecule has 0 atom stereocenters. The number of amides is 2. The van der Waals surface area contributed by atoms with Crippen molar-refractivity contribution < 1.29 is 14.1 Å². The van der Waals surface area contributed by atoms with Crippen LogP contribution in [0.5, 0.6) is 0 Å². The summed E-state index contributed by atoms with van der Waals surface area (Å²) in [5, 5.41) is 9.67. The number of aromatic nitrogens is 2. The maximum atomic E-state index is 11.7. The number of aryl methyl sites for hydroxylation is 1. The summed E-state index contributed by atoms with van der Waals surface area (Å²) in [7, 11) is 0. The number of nitrogens with one attached hydrogen (secondary N) is 2. The van der Waals surface area contributed by atoms with Gasteiger partial charge in [-0.05, 0) is 24.3 Å². The first-order valence-corrected chi connectivity index (χ1v) is 8.01. The van der Waals surface area contributed by atoms with Gasteiger partial charge in [-0.15, -0.1) is 6.42 Å². The molecule has 0 saturated carbocycles. The molecule has 0 saturated heterocycles. The van der Waals surface area contributed by atoms with Crippen molar-refractivity contribution in [3.05, 3.63) is 35.2 Å². The zero-order chi connectivity index (χ0) is 18.1. The lowest BCUT2D eigenvalue weighted by molar-refractivity contribution is -0.122. The Morgan fingerprint density at radius 2 is 1.88 bits per heavy atom. The van der Waals surface area contributed by atoms with Crippen LogP contribution in [0.15, 0.2) is 28.8 Å². The summed E-state index contributed by atoms with van der Waals surface area (Å²) in [6.45, 7) is 0.426. The lowest BCUT2D eigenvalue weighted by Gasteiger charge is -2.04. The predicted octanol–water partition coefficient (Wildman–Crippen LogP) is 1.58. The van der Waals surface area contributed by atoms with E-state index in [1.165, 1.54) is 0 Å². The molecule has 1 heterocycles. The van der Waals surface area contributed by atoms with Gasteiger partial charge in [-0.25, -0.2) is 0 Å². The molecule has 130 valence electrons. The maximum absolute atomic E-state index is 11.7. The third kappa shape index (κ3) is 6.28. The third-order valence-electron chi connectivity index (χ3n) is 3.20. The van der Waals surface area contributed by atoms with Gasteiger partial charge in [-0.2, -0.15) is 4.98 Å². The van der Waals surface area contributed by atoms with Gasteiger partial charge in [0.05, 0.1) is 6.54 Å². The Labute approximate surface area is 150 Å². The fourth-order valence-electron chi connectivity index (χ4n) is 1.93. The van der Waals surface area contributed by atoms with Crippen molar-refractivity contribution in [1.82, 2.24) is 20.8 Å². The summed E-state index contributed by atoms with van der Waals surface area (Å²) in [4.78, 5) is 27.3. The number of benzene rings is 1. The molecule has 0 aliphatic heterocycles. The number of hydrogen-bond acceptors (Lipinski definition) is 5. The molecule has 25 heavy (non-hydrogen) atoms. The van der Waals surface area contributed by atoms with E-state index in [-0.39, 0.29) is 37.7 Å². The van der Waals surface area contributed by atoms with Gasteiger partial charge in [0.1, 0.15) is 0 Å². The molecule has 0 aliphatic rings. The maximum Gasteiger partial charge on any atom is 0.227 e. The van der Waals surface area contributed by atoms with Crippen LogP contribution in [0.3, 0.4) is 0 Å². The van der Waals surface area contributed by atoms with Crippen molar-refractivity contribution in [1.29, 1.82) is 0 Å². The van der Waals surface area contributed by atoms with Crippen LogP contribution < -0.4 is 10.6 Å². The number of hydrogen-bond donors (Lipinski definition) is 2. The predicted molar refractivity (Wildman–Crippen MR) is 92.5 cm³/mol. The van der Waals surface area contributed by atoms with Gasteiger partial charge < -0.3 is 15.2 Å². The van der Waals surface area contributed by atoms with E-state index in [1.807, 2.05) is 0 Å². The van der Waals surface area contributed by atoms with Crippen molar-refractivity contribution >= 4 is 23.4 Å². The number of terminal acetylenes is 1. The molecule has 2 amide bonds. The first-order chi connectivity index (χ1) is 12.1. The molecule has 7 nitrogen and oxygen atoms in total. The molecule has 0 bridgehead atoms. The molecule has 0 spiro atoms. The van der Waals surface area contributed by atoms with Gasteiger partial charge in [0.15, 0.2) is 0 Å². The SMILES string of the molecule is C#CCNC(=O)CCNC(=O)CCc1nc(-c2ccc(Cl)cc2)no1. The van der Waals surface area contributed by atoms with Crippen LogP contribution in [0, 0.1) is 12.3 Å². The highest BCUT2D eigenvalue weighted by Crippen LogP contribution is 2.18. The van der Waals surface area contributed by atoms with Gasteiger partial charge in [-0.1, -0.05) is 22.7 Å². The summed E-state index contributed by atoms with van der Waals surface area (Å²) < 4.78 is 5.13. The second-order valence-electron chi connectivity index (χ2n) is 5.10. The second kappa shape index (κ2) is 9.45. The normalized spacial score (nSPS) is 10.1. The van der Waals surface area contributed by atoms with E-state index in [1.54, 1.807) is 24.3 Å². The molecule has 2 rings (SSSR count). The summed E-state index contributed by atoms with van der Waals surface area (Å²) >= 11 is 5.83. The number of carbonyl (C=O) groups is 2. The molecule has 1 aromatic heterocycles. The van der Waals surface area contributed by atoms with Crippen molar-refractivity contribution in [3.8, 4) is 23.7 Å². The Hall–Kier alpha value is -2.85. The number of rotatable bonds is 8. The highest BCUT2D eigenvalue weighted by atomic mass is 35.5. The summed E-state index contributed by atoms with van der Waals surface area (Å²) in [6.07, 6.45) is 5.71. The zero-order valence-corrected chi connectivity index (χ0v) is 14.2. The zero-order valence-electron chi connectivity index (χ0n) is 13.4. The van der Waals surface area contributed by atoms with Gasteiger partial charge in [-0.3, -0.25) is 9.59 Å². The number of nitrogens with zero attached hydrogens (tertiary/aromatic N) is 2. The largest absolute Gasteiger partial charge is 0.356 e. The Bertz CT molecular complexity index is 765. The summed E-state index contributed by atoms with van der Waals surface area (Å²) in [5.74, 6) is 2.71. The van der Waals surface area contributed by atoms with E-state index in [0.29, 0.717) is 23.2 Å². The average Bonchev–Trinajstić information content (AvgIpc) is 3.08. The number of carbonyl (C=O) groups excluding carboxylic acids is 2. The molecule has 0 fully saturated rings. The Morgan fingerprint density at radius 1 is 1.16 bits per heavy atom. The summed E-state index contributed by atoms with van der Waals surface area (Å²) in [6, 6.07) is 7.05. The van der Waals surface area contributed by atoms with E-state index in [9.17, 15) is 9.59 Å². The molecular formula is C17H17ClN4O3. The minimum absolute atomic E-state index is 0.175. The first-order valence-electron chi connectivity index (χ1n) is 7.64. The van der Waals surface area contributed by atoms with E-state index in [4.69, 9.17) is 22.5 Å². The highest BCUT2D eigenvalue weighted by Gasteiger charge is 2.11. The van der Waals surface area contributed by atoms with Crippen LogP contribution in [-0.2, 0) is 16.0 Å². The lowest BCUT2D eigenvalue weighted by atomic mass is 10.2. The van der Waals surface area contributed by atoms with Crippen molar-refractivity contribution in [2.24, 2.45) is 0 Å². The molecule has 0 radical (unpaired) electrons. The van der Waals surface area contributed by atoms with Crippen molar-refractivity contribution in [2.45, 2.75) is 19.3 Å². The molecular weight excluding hydrogens is 344 g/mol. The minimum Gasteiger partial charge on any atom is -0.356 e. The quantitative estimate of drug-likeness (QED) is 0.696. The first kappa shape index (κ1) is 18.5. The van der Waals surface area contributed by atoms with E-state index < -0.39 is 0 Å². The molecule has 1 aromatic carbocycles. The standard InChI is InChI=1S/C17H17ClN4O3/c1-2-10-19-15(24)9-11-20-14(23)7-8-16-21-17(22-25-16)12-3-5-13(18)6-4-12/h1,3-6H,7-11H2,(H,19,24)(H,20,23). The van der Waals surface area contributed by atoms with Crippen LogP contribution in [0.2, 0.25) is 5.02 Å². The monoisotopic (exact) mass is 360 g/mol. The molecule has 8 heteroatoms. The molecule has 0 aliphatic carbocycles. The number of halogens is 1. The summed E-state index contributed by atoms with van der Waals surface area (Å²) in [5.41, 5.74) is 0.779. The molecule has 2 N–H and O–H groups in total. The van der Waals surface area contributed by atoms with Gasteiger partial charge in [0, 0.05) is 36.4 Å². The van der Waals surface area contributed by atoms with Gasteiger partial charge in [0.25, 0.3) is 0 Å². The topological polar surface area (TPSA) is 97.1 Å². The molecule has 2 aromatic rings. The Kier molecular flexibility index (Phi) is 6.99. The highest BCUT2D eigenvalue weighted by molar-refractivity contribution is 6.30. The fraction of sp³-hybridized carbons (Fsp3) is 0.294. The van der Waals surface area contributed by atoms with Crippen LogP contribution in [-0.4, -0.2) is 35.0 Å². The van der Waals surface area contributed by atoms with Crippen LogP contribution >= 0.6 is 11.6 Å². The van der Waals surface area contributed by atoms with E-state index in [2.05, 4.69) is 26.7 Å². The Balaban J connectivity index is 1.72. The van der Waals surface area contributed by atoms with Gasteiger partial charge in [0.2, 0.25) is 23.5 Å². The fourth-order valence-corrected chi connectivity index (χ4v) is 2.06. The van der Waals surface area contributed by atoms with Crippen LogP contribution in [0.1, 0.15) is 18.7 Å². The van der Waals surface area contributed by atoms with Crippen LogP contribution in [0.4, 0.5) is 0 Å². The smallest absolute Gasteiger partial charge is 0.227 e. The van der Waals surface area contributed by atoms with Gasteiger partial charge >= 0.3 is 0 Å². The second-order valence-corrected chi connectivity index (χ2v) is 5.54. The third-order valence-corrected chi connectivity index (χ3v) is 3.45. The average molecular weight is 361 g/mol. The van der Waals surface area contributed by atoms with Crippen molar-refractivity contribution in [3.63, 3.8) is 0 Å². The minimum atomic E-state index is -0.206. The van der Waals surface area contributed by atoms with Crippen molar-refractivity contribution in [2.75, 3.05) is 13.1 Å². The van der Waals surface area contributed by atoms with E-state index >= 15 is 0 Å². The lowest BCUT2D eigenvalue weighted by Crippen LogP contribution is -2.30. The molecule has 0 unspecified atom stereocenters. The van der Waals surface area contributed by atoms with Crippen LogP contribution in [0.25, 0.3) is 11.4 Å².